The van der Waals surface area contributed by atoms with Crippen molar-refractivity contribution < 1.29 is 24.5 Å². The Morgan fingerprint density at radius 2 is 2.24 bits per heavy atom. The number of carbonyl (C=O) groups excluding carboxylic acids is 1. The smallest absolute Gasteiger partial charge is 0.235 e. The molecule has 2 atom stereocenters. The van der Waals surface area contributed by atoms with Crippen LogP contribution in [0.4, 0.5) is 5.69 Å². The number of anilines is 1. The largest absolute Gasteiger partial charge is 0.476 e. The Kier molecular flexibility index (Phi) is 2.48. The van der Waals surface area contributed by atoms with Gasteiger partial charge in [-0.15, -0.1) is 0 Å². The average Bonchev–Trinajstić information content (AvgIpc) is 2.75. The van der Waals surface area contributed by atoms with Crippen LogP contribution < -0.4 is 10.1 Å². The fourth-order valence-electron chi connectivity index (χ4n) is 3.11. The van der Waals surface area contributed by atoms with Gasteiger partial charge in [0.05, 0.1) is 24.4 Å². The van der Waals surface area contributed by atoms with E-state index in [4.69, 9.17) is 14.6 Å². The van der Waals surface area contributed by atoms with E-state index < -0.39 is 17.2 Å². The van der Waals surface area contributed by atoms with Crippen molar-refractivity contribution in [1.29, 1.82) is 0 Å². The number of ether oxygens (including phenoxy) is 2. The monoisotopic (exact) mass is 289 g/mol. The van der Waals surface area contributed by atoms with E-state index in [1.165, 1.54) is 6.08 Å². The van der Waals surface area contributed by atoms with Crippen LogP contribution in [0.5, 0.6) is 5.75 Å². The maximum absolute atomic E-state index is 11.9. The Morgan fingerprint density at radius 3 is 3.05 bits per heavy atom. The molecule has 110 valence electrons. The van der Waals surface area contributed by atoms with Crippen LogP contribution in [0.25, 0.3) is 0 Å². The third-order valence-corrected chi connectivity index (χ3v) is 4.24. The Bertz CT molecular complexity index is 670. The van der Waals surface area contributed by atoms with E-state index in [9.17, 15) is 9.90 Å². The first-order chi connectivity index (χ1) is 10.0. The van der Waals surface area contributed by atoms with Crippen molar-refractivity contribution in [2.24, 2.45) is 0 Å². The van der Waals surface area contributed by atoms with E-state index in [1.54, 1.807) is 0 Å². The number of hydrogen-bond donors (Lipinski definition) is 3. The average molecular weight is 289 g/mol. The number of nitrogens with one attached hydrogen (secondary N) is 1. The van der Waals surface area contributed by atoms with Gasteiger partial charge in [-0.1, -0.05) is 6.07 Å². The van der Waals surface area contributed by atoms with Crippen molar-refractivity contribution in [3.05, 3.63) is 35.5 Å². The van der Waals surface area contributed by atoms with Gasteiger partial charge < -0.3 is 25.0 Å². The Labute approximate surface area is 121 Å². The van der Waals surface area contributed by atoms with Crippen LogP contribution in [0.2, 0.25) is 0 Å². The lowest BCUT2D eigenvalue weighted by Crippen LogP contribution is -2.50. The highest BCUT2D eigenvalue weighted by atomic mass is 16.7. The molecule has 1 saturated heterocycles. The number of ketones is 1. The first-order valence-electron chi connectivity index (χ1n) is 6.87. The summed E-state index contributed by atoms with van der Waals surface area (Å²) < 4.78 is 11.3. The lowest BCUT2D eigenvalue weighted by Gasteiger charge is -2.39. The minimum atomic E-state index is -1.76. The molecule has 6 nitrogen and oxygen atoms in total. The van der Waals surface area contributed by atoms with Crippen molar-refractivity contribution in [3.8, 4) is 5.75 Å². The molecular formula is C15H15NO5. The minimum absolute atomic E-state index is 0.0750. The highest BCUT2D eigenvalue weighted by molar-refractivity contribution is 5.99. The summed E-state index contributed by atoms with van der Waals surface area (Å²) in [5.41, 5.74) is 1.52. The maximum atomic E-state index is 11.9. The molecule has 2 heterocycles. The van der Waals surface area contributed by atoms with Gasteiger partial charge in [-0.3, -0.25) is 4.79 Å². The van der Waals surface area contributed by atoms with Crippen molar-refractivity contribution in [1.82, 2.24) is 0 Å². The molecule has 1 spiro atoms. The van der Waals surface area contributed by atoms with E-state index in [2.05, 4.69) is 5.32 Å². The molecule has 2 bridgehead atoms. The standard InChI is InChI=1S/C15H15NO5/c17-4-3-9-1-2-11-10(5-9)16-12-6-13(18)15(19)7-14(12,21-11)8-20-15/h1-2,5-6,16-17,19H,3-4,7-8H2/t14-,15+/m0/s1. The number of carbonyl (C=O) groups is 1. The third-order valence-electron chi connectivity index (χ3n) is 4.24. The van der Waals surface area contributed by atoms with E-state index in [0.29, 0.717) is 17.9 Å². The Hall–Kier alpha value is -1.89. The SMILES string of the molecule is O=C1C=C2Nc3cc(CCO)ccc3O[C@@]23CO[C@]1(O)C3. The van der Waals surface area contributed by atoms with E-state index >= 15 is 0 Å². The molecular weight excluding hydrogens is 274 g/mol. The number of fused-ring (bicyclic) bond motifs is 2. The summed E-state index contributed by atoms with van der Waals surface area (Å²) in [6.45, 7) is 0.206. The summed E-state index contributed by atoms with van der Waals surface area (Å²) in [6.07, 6.45) is 2.01. The summed E-state index contributed by atoms with van der Waals surface area (Å²) >= 11 is 0. The Morgan fingerprint density at radius 1 is 1.38 bits per heavy atom. The van der Waals surface area contributed by atoms with Crippen LogP contribution in [0, 0.1) is 0 Å². The zero-order valence-corrected chi connectivity index (χ0v) is 11.3. The first kappa shape index (κ1) is 12.8. The van der Waals surface area contributed by atoms with Gasteiger partial charge in [-0.05, 0) is 24.1 Å². The maximum Gasteiger partial charge on any atom is 0.235 e. The molecule has 3 N–H and O–H groups in total. The predicted molar refractivity (Wildman–Crippen MR) is 72.8 cm³/mol. The number of rotatable bonds is 2. The lowest BCUT2D eigenvalue weighted by atomic mass is 9.85. The van der Waals surface area contributed by atoms with Gasteiger partial charge in [0, 0.05) is 12.7 Å². The number of benzene rings is 1. The van der Waals surface area contributed by atoms with Crippen LogP contribution >= 0.6 is 0 Å². The molecule has 0 radical (unpaired) electrons. The normalized spacial score (nSPS) is 32.7. The van der Waals surface area contributed by atoms with Crippen LogP contribution in [-0.2, 0) is 16.0 Å². The molecule has 1 aliphatic carbocycles. The predicted octanol–water partition coefficient (Wildman–Crippen LogP) is 0.340. The van der Waals surface area contributed by atoms with Gasteiger partial charge in [-0.25, -0.2) is 0 Å². The van der Waals surface area contributed by atoms with Gasteiger partial charge in [0.1, 0.15) is 5.75 Å². The van der Waals surface area contributed by atoms with Crippen LogP contribution in [0.3, 0.4) is 0 Å². The van der Waals surface area contributed by atoms with Gasteiger partial charge in [-0.2, -0.15) is 0 Å². The minimum Gasteiger partial charge on any atom is -0.476 e. The van der Waals surface area contributed by atoms with Crippen molar-refractivity contribution in [3.63, 3.8) is 0 Å². The lowest BCUT2D eigenvalue weighted by molar-refractivity contribution is -0.181. The molecule has 0 aromatic heterocycles. The quantitative estimate of drug-likeness (QED) is 0.727. The van der Waals surface area contributed by atoms with Crippen LogP contribution in [0.1, 0.15) is 12.0 Å². The molecule has 0 unspecified atom stereocenters. The second kappa shape index (κ2) is 4.07. The number of aliphatic hydroxyl groups is 2. The second-order valence-corrected chi connectivity index (χ2v) is 5.70. The zero-order valence-electron chi connectivity index (χ0n) is 11.3. The van der Waals surface area contributed by atoms with Gasteiger partial charge in [0.15, 0.2) is 5.60 Å². The molecule has 6 heteroatoms. The van der Waals surface area contributed by atoms with E-state index in [1.807, 2.05) is 18.2 Å². The zero-order chi connectivity index (χ0) is 14.7. The molecule has 0 saturated carbocycles. The molecule has 0 amide bonds. The van der Waals surface area contributed by atoms with Crippen molar-refractivity contribution >= 4 is 11.5 Å². The summed E-state index contributed by atoms with van der Waals surface area (Å²) in [7, 11) is 0. The summed E-state index contributed by atoms with van der Waals surface area (Å²) in [6, 6.07) is 5.60. The fourth-order valence-corrected chi connectivity index (χ4v) is 3.11. The Balaban J connectivity index is 1.76. The van der Waals surface area contributed by atoms with Crippen molar-refractivity contribution in [2.45, 2.75) is 24.2 Å². The second-order valence-electron chi connectivity index (χ2n) is 5.70. The van der Waals surface area contributed by atoms with Gasteiger partial charge in [0.25, 0.3) is 0 Å². The van der Waals surface area contributed by atoms with Gasteiger partial charge >= 0.3 is 0 Å². The molecule has 1 aromatic carbocycles. The van der Waals surface area contributed by atoms with Crippen LogP contribution in [0.15, 0.2) is 30.0 Å². The summed E-state index contributed by atoms with van der Waals surface area (Å²) in [5, 5.41) is 22.3. The first-order valence-corrected chi connectivity index (χ1v) is 6.87. The molecule has 2 aliphatic heterocycles. The fraction of sp³-hybridized carbons (Fsp3) is 0.400. The van der Waals surface area contributed by atoms with E-state index in [-0.39, 0.29) is 19.6 Å². The van der Waals surface area contributed by atoms with Crippen molar-refractivity contribution in [2.75, 3.05) is 18.5 Å². The number of hydrogen-bond acceptors (Lipinski definition) is 6. The molecule has 1 fully saturated rings. The number of aliphatic hydroxyl groups excluding tert-OH is 1. The van der Waals surface area contributed by atoms with Crippen LogP contribution in [-0.4, -0.2) is 40.6 Å². The molecule has 21 heavy (non-hydrogen) atoms. The topological polar surface area (TPSA) is 88.0 Å². The van der Waals surface area contributed by atoms with E-state index in [0.717, 1.165) is 11.3 Å². The highest BCUT2D eigenvalue weighted by Crippen LogP contribution is 2.49. The summed E-state index contributed by atoms with van der Waals surface area (Å²) in [4.78, 5) is 11.9. The summed E-state index contributed by atoms with van der Waals surface area (Å²) in [5.74, 6) is -1.58. The van der Waals surface area contributed by atoms with Gasteiger partial charge in [0.2, 0.25) is 11.6 Å². The molecule has 1 aromatic rings. The molecule has 3 aliphatic rings. The highest BCUT2D eigenvalue weighted by Gasteiger charge is 2.61. The molecule has 4 rings (SSSR count). The third kappa shape index (κ3) is 1.73.